The second kappa shape index (κ2) is 9.62. The predicted molar refractivity (Wildman–Crippen MR) is 144 cm³/mol. The van der Waals surface area contributed by atoms with Crippen LogP contribution in [0, 0.1) is 0 Å². The maximum atomic E-state index is 12.8. The molecule has 3 N–H and O–H groups in total. The van der Waals surface area contributed by atoms with E-state index in [0.717, 1.165) is 37.3 Å². The molecular weight excluding hydrogens is 490 g/mol. The van der Waals surface area contributed by atoms with Crippen molar-refractivity contribution in [3.63, 3.8) is 0 Å². The Labute approximate surface area is 214 Å². The van der Waals surface area contributed by atoms with Crippen LogP contribution in [0.2, 0.25) is 0 Å². The van der Waals surface area contributed by atoms with Crippen molar-refractivity contribution in [2.24, 2.45) is 0 Å². The van der Waals surface area contributed by atoms with Gasteiger partial charge in [-0.2, -0.15) is 0 Å². The van der Waals surface area contributed by atoms with Gasteiger partial charge in [0, 0.05) is 42.3 Å². The second-order valence-electron chi connectivity index (χ2n) is 9.32. The zero-order chi connectivity index (χ0) is 25.4. The van der Waals surface area contributed by atoms with Crippen molar-refractivity contribution in [3.8, 4) is 11.3 Å². The van der Waals surface area contributed by atoms with Gasteiger partial charge in [0.15, 0.2) is 0 Å². The summed E-state index contributed by atoms with van der Waals surface area (Å²) in [5.41, 5.74) is 2.85. The molecule has 0 spiro atoms. The van der Waals surface area contributed by atoms with Crippen molar-refractivity contribution in [3.05, 3.63) is 77.2 Å². The normalized spacial score (nSPS) is 16.2. The summed E-state index contributed by atoms with van der Waals surface area (Å²) in [4.78, 5) is 22.7. The molecule has 9 nitrogen and oxygen atoms in total. The number of aromatic amines is 1. The van der Waals surface area contributed by atoms with Crippen LogP contribution in [0.15, 0.2) is 76.6 Å². The first-order chi connectivity index (χ1) is 18.0. The smallest absolute Gasteiger partial charge is 0.259 e. The first-order valence-electron chi connectivity index (χ1n) is 12.3. The van der Waals surface area contributed by atoms with E-state index in [-0.39, 0.29) is 16.5 Å². The molecule has 37 heavy (non-hydrogen) atoms. The highest BCUT2D eigenvalue weighted by atomic mass is 32.2. The topological polar surface area (TPSA) is 116 Å². The molecule has 0 bridgehead atoms. The number of morpholine rings is 1. The number of H-pyrrole nitrogens is 1. The van der Waals surface area contributed by atoms with E-state index in [1.54, 1.807) is 30.5 Å². The standard InChI is InChI=1S/C27H27N5O4S/c33-27-25-19(10-11-28-27)17-24(18-2-1-3-23(16-18)37(34,35)31-21-4-5-21)30-26(25)29-20-6-8-22(9-7-20)32-12-14-36-15-13-32/h1-3,6-11,16-17,21,31H,4-5,12-15H2,(H,28,33)(H,29,30). The average Bonchev–Trinajstić information content (AvgIpc) is 3.73. The maximum absolute atomic E-state index is 12.8. The van der Waals surface area contributed by atoms with Crippen LogP contribution in [-0.2, 0) is 14.8 Å². The molecule has 6 rings (SSSR count). The van der Waals surface area contributed by atoms with Crippen LogP contribution < -0.4 is 20.5 Å². The lowest BCUT2D eigenvalue weighted by Gasteiger charge is -2.28. The molecule has 1 aliphatic heterocycles. The SMILES string of the molecule is O=c1[nH]ccc2cc(-c3cccc(S(=O)(=O)NC4CC4)c3)nc(Nc3ccc(N4CCOCC4)cc3)c12. The molecule has 0 radical (unpaired) electrons. The van der Waals surface area contributed by atoms with E-state index in [1.165, 1.54) is 0 Å². The number of anilines is 3. The van der Waals surface area contributed by atoms with Crippen molar-refractivity contribution in [1.29, 1.82) is 0 Å². The third-order valence-electron chi connectivity index (χ3n) is 6.60. The molecule has 2 aliphatic rings. The number of aromatic nitrogens is 2. The van der Waals surface area contributed by atoms with Crippen LogP contribution in [0.25, 0.3) is 22.0 Å². The number of hydrogen-bond donors (Lipinski definition) is 3. The van der Waals surface area contributed by atoms with Crippen molar-refractivity contribution in [2.75, 3.05) is 36.5 Å². The van der Waals surface area contributed by atoms with Gasteiger partial charge in [-0.05, 0) is 66.8 Å². The second-order valence-corrected chi connectivity index (χ2v) is 11.0. The Morgan fingerprint density at radius 1 is 1.00 bits per heavy atom. The summed E-state index contributed by atoms with van der Waals surface area (Å²) >= 11 is 0. The number of sulfonamides is 1. The van der Waals surface area contributed by atoms with E-state index in [9.17, 15) is 13.2 Å². The Kier molecular flexibility index (Phi) is 6.15. The molecule has 1 saturated heterocycles. The van der Waals surface area contributed by atoms with Gasteiger partial charge in [-0.3, -0.25) is 4.79 Å². The first kappa shape index (κ1) is 23.7. The minimum atomic E-state index is -3.61. The average molecular weight is 518 g/mol. The van der Waals surface area contributed by atoms with Gasteiger partial charge in [0.1, 0.15) is 5.82 Å². The van der Waals surface area contributed by atoms with Crippen molar-refractivity contribution in [2.45, 2.75) is 23.8 Å². The van der Waals surface area contributed by atoms with E-state index in [4.69, 9.17) is 9.72 Å². The van der Waals surface area contributed by atoms with Crippen molar-refractivity contribution < 1.29 is 13.2 Å². The van der Waals surface area contributed by atoms with Gasteiger partial charge in [-0.15, -0.1) is 0 Å². The summed E-state index contributed by atoms with van der Waals surface area (Å²) < 4.78 is 33.7. The molecule has 2 aromatic carbocycles. The van der Waals surface area contributed by atoms with Crippen LogP contribution in [0.3, 0.4) is 0 Å². The Morgan fingerprint density at radius 3 is 2.54 bits per heavy atom. The van der Waals surface area contributed by atoms with Crippen LogP contribution in [0.4, 0.5) is 17.2 Å². The highest BCUT2D eigenvalue weighted by Crippen LogP contribution is 2.30. The molecule has 190 valence electrons. The number of rotatable bonds is 7. The Balaban J connectivity index is 1.36. The van der Waals surface area contributed by atoms with Crippen LogP contribution in [0.1, 0.15) is 12.8 Å². The number of ether oxygens (including phenoxy) is 1. The third-order valence-corrected chi connectivity index (χ3v) is 8.12. The van der Waals surface area contributed by atoms with Gasteiger partial charge in [-0.1, -0.05) is 12.1 Å². The summed E-state index contributed by atoms with van der Waals surface area (Å²) in [6.45, 7) is 3.12. The number of nitrogens with zero attached hydrogens (tertiary/aromatic N) is 2. The maximum Gasteiger partial charge on any atom is 0.259 e. The zero-order valence-corrected chi connectivity index (χ0v) is 20.9. The summed E-state index contributed by atoms with van der Waals surface area (Å²) in [6.07, 6.45) is 3.32. The number of pyridine rings is 2. The van der Waals surface area contributed by atoms with E-state index in [1.807, 2.05) is 36.4 Å². The molecule has 0 amide bonds. The lowest BCUT2D eigenvalue weighted by atomic mass is 10.1. The van der Waals surface area contributed by atoms with E-state index in [2.05, 4.69) is 19.9 Å². The van der Waals surface area contributed by atoms with Gasteiger partial charge in [0.05, 0.1) is 29.2 Å². The highest BCUT2D eigenvalue weighted by Gasteiger charge is 2.28. The van der Waals surface area contributed by atoms with Gasteiger partial charge in [0.25, 0.3) is 5.56 Å². The zero-order valence-electron chi connectivity index (χ0n) is 20.1. The van der Waals surface area contributed by atoms with Gasteiger partial charge in [0.2, 0.25) is 10.0 Å². The number of benzene rings is 2. The Hall–Kier alpha value is -3.73. The fourth-order valence-corrected chi connectivity index (χ4v) is 5.83. The summed E-state index contributed by atoms with van der Waals surface area (Å²) in [5.74, 6) is 0.401. The summed E-state index contributed by atoms with van der Waals surface area (Å²) in [7, 11) is -3.61. The fourth-order valence-electron chi connectivity index (χ4n) is 4.48. The minimum Gasteiger partial charge on any atom is -0.378 e. The molecule has 10 heteroatoms. The minimum absolute atomic E-state index is 0.0182. The Bertz CT molecular complexity index is 1610. The third kappa shape index (κ3) is 5.08. The van der Waals surface area contributed by atoms with E-state index in [0.29, 0.717) is 41.1 Å². The van der Waals surface area contributed by atoms with E-state index >= 15 is 0 Å². The van der Waals surface area contributed by atoms with Crippen LogP contribution >= 0.6 is 0 Å². The lowest BCUT2D eigenvalue weighted by Crippen LogP contribution is -2.36. The highest BCUT2D eigenvalue weighted by molar-refractivity contribution is 7.89. The quantitative estimate of drug-likeness (QED) is 0.343. The molecule has 1 aliphatic carbocycles. The fraction of sp³-hybridized carbons (Fsp3) is 0.259. The molecular formula is C27H27N5O4S. The summed E-state index contributed by atoms with van der Waals surface area (Å²) in [5, 5.41) is 4.43. The number of nitrogens with one attached hydrogen (secondary N) is 3. The molecule has 1 saturated carbocycles. The summed E-state index contributed by atoms with van der Waals surface area (Å²) in [6, 6.07) is 18.3. The van der Waals surface area contributed by atoms with Crippen LogP contribution in [0.5, 0.6) is 0 Å². The van der Waals surface area contributed by atoms with E-state index < -0.39 is 10.0 Å². The van der Waals surface area contributed by atoms with Crippen LogP contribution in [-0.4, -0.2) is 50.7 Å². The first-order valence-corrected chi connectivity index (χ1v) is 13.8. The lowest BCUT2D eigenvalue weighted by molar-refractivity contribution is 0.122. The monoisotopic (exact) mass is 517 g/mol. The largest absolute Gasteiger partial charge is 0.378 e. The molecule has 2 aromatic heterocycles. The number of hydrogen-bond acceptors (Lipinski definition) is 7. The van der Waals surface area contributed by atoms with Gasteiger partial charge >= 0.3 is 0 Å². The molecule has 3 heterocycles. The Morgan fingerprint density at radius 2 is 1.78 bits per heavy atom. The number of fused-ring (bicyclic) bond motifs is 1. The van der Waals surface area contributed by atoms with Gasteiger partial charge < -0.3 is 19.9 Å². The molecule has 0 atom stereocenters. The molecule has 0 unspecified atom stereocenters. The molecule has 4 aromatic rings. The van der Waals surface area contributed by atoms with Crippen molar-refractivity contribution in [1.82, 2.24) is 14.7 Å². The van der Waals surface area contributed by atoms with Gasteiger partial charge in [-0.25, -0.2) is 18.1 Å². The van der Waals surface area contributed by atoms with Crippen molar-refractivity contribution >= 4 is 38.0 Å². The molecule has 2 fully saturated rings. The predicted octanol–water partition coefficient (Wildman–Crippen LogP) is 3.61.